The number of anilines is 2. The van der Waals surface area contributed by atoms with Gasteiger partial charge in [0.1, 0.15) is 6.54 Å². The van der Waals surface area contributed by atoms with Gasteiger partial charge < -0.3 is 15.1 Å². The second kappa shape index (κ2) is 9.74. The fraction of sp³-hybridized carbons (Fsp3) is 0.458. The van der Waals surface area contributed by atoms with Crippen LogP contribution in [0.5, 0.6) is 0 Å². The summed E-state index contributed by atoms with van der Waals surface area (Å²) in [5.41, 5.74) is 5.83. The van der Waals surface area contributed by atoms with Crippen LogP contribution in [-0.4, -0.2) is 33.6 Å². The first-order valence-corrected chi connectivity index (χ1v) is 10.2. The molecule has 0 aliphatic heterocycles. The third kappa shape index (κ3) is 5.83. The number of carbonyl (C=O) groups excluding carboxylic acids is 1. The van der Waals surface area contributed by atoms with Crippen LogP contribution in [0.2, 0.25) is 0 Å². The summed E-state index contributed by atoms with van der Waals surface area (Å²) in [6, 6.07) is 14.9. The highest BCUT2D eigenvalue weighted by Crippen LogP contribution is 2.32. The summed E-state index contributed by atoms with van der Waals surface area (Å²) in [5.74, 6) is 0.806. The lowest BCUT2D eigenvalue weighted by Gasteiger charge is -2.21. The van der Waals surface area contributed by atoms with E-state index < -0.39 is 0 Å². The Balaban J connectivity index is 2.05. The molecular formula is C24H36N3O+. The molecule has 152 valence electrons. The first-order chi connectivity index (χ1) is 13.2. The van der Waals surface area contributed by atoms with Crippen LogP contribution in [0.1, 0.15) is 56.2 Å². The Kier molecular flexibility index (Phi) is 7.64. The van der Waals surface area contributed by atoms with Crippen LogP contribution in [-0.2, 0) is 11.3 Å². The smallest absolute Gasteiger partial charge is 0.279 e. The van der Waals surface area contributed by atoms with Crippen LogP contribution in [0.25, 0.3) is 0 Å². The van der Waals surface area contributed by atoms with Crippen LogP contribution in [0.4, 0.5) is 11.4 Å². The molecular weight excluding hydrogens is 346 g/mol. The van der Waals surface area contributed by atoms with Crippen molar-refractivity contribution in [2.24, 2.45) is 0 Å². The number of nitrogens with one attached hydrogen (secondary N) is 2. The molecule has 4 nitrogen and oxygen atoms in total. The minimum absolute atomic E-state index is 0.0670. The van der Waals surface area contributed by atoms with Crippen molar-refractivity contribution in [3.8, 4) is 0 Å². The predicted molar refractivity (Wildman–Crippen MR) is 119 cm³/mol. The molecule has 0 spiro atoms. The lowest BCUT2D eigenvalue weighted by Crippen LogP contribution is -3.08. The maximum absolute atomic E-state index is 12.8. The van der Waals surface area contributed by atoms with Crippen molar-refractivity contribution in [2.45, 2.75) is 46.1 Å². The first kappa shape index (κ1) is 22.0. The van der Waals surface area contributed by atoms with E-state index in [1.807, 2.05) is 14.1 Å². The van der Waals surface area contributed by atoms with Gasteiger partial charge in [0.25, 0.3) is 5.91 Å². The number of rotatable bonds is 8. The molecule has 1 amide bonds. The lowest BCUT2D eigenvalue weighted by atomic mass is 9.92. The monoisotopic (exact) mass is 382 g/mol. The molecule has 1 unspecified atom stereocenters. The van der Waals surface area contributed by atoms with Crippen LogP contribution >= 0.6 is 0 Å². The number of carbonyl (C=O) groups is 1. The van der Waals surface area contributed by atoms with Crippen molar-refractivity contribution in [1.29, 1.82) is 0 Å². The molecule has 4 heteroatoms. The third-order valence-corrected chi connectivity index (χ3v) is 5.06. The Hall–Kier alpha value is -2.33. The Morgan fingerprint density at radius 3 is 1.96 bits per heavy atom. The van der Waals surface area contributed by atoms with E-state index in [0.29, 0.717) is 18.4 Å². The summed E-state index contributed by atoms with van der Waals surface area (Å²) in [6.07, 6.45) is 0. The topological polar surface area (TPSA) is 36.8 Å². The van der Waals surface area contributed by atoms with E-state index in [-0.39, 0.29) is 5.91 Å². The van der Waals surface area contributed by atoms with Gasteiger partial charge in [-0.05, 0) is 35.1 Å². The molecule has 0 aliphatic rings. The van der Waals surface area contributed by atoms with Crippen molar-refractivity contribution in [2.75, 3.05) is 37.9 Å². The van der Waals surface area contributed by atoms with E-state index >= 15 is 0 Å². The zero-order valence-electron chi connectivity index (χ0n) is 18.5. The Morgan fingerprint density at radius 2 is 1.50 bits per heavy atom. The molecule has 28 heavy (non-hydrogen) atoms. The number of likely N-dealkylation sites (N-methyl/N-ethyl adjacent to an activating group) is 1. The Labute approximate surface area is 170 Å². The van der Waals surface area contributed by atoms with Crippen LogP contribution in [0.15, 0.2) is 42.5 Å². The number of hydrogen-bond donors (Lipinski definition) is 2. The van der Waals surface area contributed by atoms with Crippen LogP contribution in [0.3, 0.4) is 0 Å². The molecule has 0 fully saturated rings. The Bertz CT molecular complexity index is 753. The highest BCUT2D eigenvalue weighted by atomic mass is 16.2. The van der Waals surface area contributed by atoms with Crippen molar-refractivity contribution < 1.29 is 9.69 Å². The number of para-hydroxylation sites is 1. The van der Waals surface area contributed by atoms with Gasteiger partial charge >= 0.3 is 0 Å². The molecule has 0 saturated heterocycles. The largest absolute Gasteiger partial charge is 0.378 e. The molecule has 1 atom stereocenters. The number of benzene rings is 2. The third-order valence-electron chi connectivity index (χ3n) is 5.06. The van der Waals surface area contributed by atoms with Gasteiger partial charge in [-0.25, -0.2) is 0 Å². The van der Waals surface area contributed by atoms with E-state index in [9.17, 15) is 4.79 Å². The standard InChI is InChI=1S/C24H35N3O/c1-17(2)21-9-8-10-22(18(3)4)24(21)25-23(28)16-27(7)15-19-11-13-20(14-12-19)26(5)6/h8-14,17-18H,15-16H2,1-7H3,(H,25,28)/p+1. The summed E-state index contributed by atoms with van der Waals surface area (Å²) >= 11 is 0. The molecule has 2 aromatic carbocycles. The van der Waals surface area contributed by atoms with Crippen LogP contribution in [0, 0.1) is 0 Å². The number of amides is 1. The average Bonchev–Trinajstić information content (AvgIpc) is 2.61. The number of hydrogen-bond acceptors (Lipinski definition) is 2. The van der Waals surface area contributed by atoms with Crippen LogP contribution < -0.4 is 15.1 Å². The lowest BCUT2D eigenvalue weighted by molar-refractivity contribution is -0.885. The fourth-order valence-corrected chi connectivity index (χ4v) is 3.48. The molecule has 0 aromatic heterocycles. The van der Waals surface area contributed by atoms with Gasteiger partial charge in [-0.15, -0.1) is 0 Å². The summed E-state index contributed by atoms with van der Waals surface area (Å²) < 4.78 is 0. The van der Waals surface area contributed by atoms with Gasteiger partial charge in [0, 0.05) is 31.0 Å². The summed E-state index contributed by atoms with van der Waals surface area (Å²) in [7, 11) is 6.14. The maximum atomic E-state index is 12.8. The molecule has 0 saturated carbocycles. The normalized spacial score (nSPS) is 12.3. The summed E-state index contributed by atoms with van der Waals surface area (Å²) in [4.78, 5) is 16.0. The van der Waals surface area contributed by atoms with Gasteiger partial charge in [-0.2, -0.15) is 0 Å². The van der Waals surface area contributed by atoms with E-state index in [0.717, 1.165) is 12.2 Å². The minimum Gasteiger partial charge on any atom is -0.378 e. The molecule has 0 bridgehead atoms. The van der Waals surface area contributed by atoms with Gasteiger partial charge in [0.15, 0.2) is 6.54 Å². The molecule has 0 heterocycles. The van der Waals surface area contributed by atoms with E-state index in [4.69, 9.17) is 0 Å². The zero-order valence-corrected chi connectivity index (χ0v) is 18.5. The predicted octanol–water partition coefficient (Wildman–Crippen LogP) is 3.65. The first-order valence-electron chi connectivity index (χ1n) is 10.2. The van der Waals surface area contributed by atoms with Gasteiger partial charge in [0.2, 0.25) is 0 Å². The quantitative estimate of drug-likeness (QED) is 0.731. The molecule has 2 N–H and O–H groups in total. The van der Waals surface area contributed by atoms with Gasteiger partial charge in [-0.1, -0.05) is 58.0 Å². The van der Waals surface area contributed by atoms with Gasteiger partial charge in [-0.3, -0.25) is 4.79 Å². The second-order valence-electron chi connectivity index (χ2n) is 8.54. The van der Waals surface area contributed by atoms with Crippen molar-refractivity contribution in [1.82, 2.24) is 0 Å². The average molecular weight is 383 g/mol. The molecule has 0 radical (unpaired) electrons. The summed E-state index contributed by atoms with van der Waals surface area (Å²) in [5, 5.41) is 3.22. The molecule has 2 aromatic rings. The maximum Gasteiger partial charge on any atom is 0.279 e. The minimum atomic E-state index is 0.0670. The van der Waals surface area contributed by atoms with E-state index in [2.05, 4.69) is 87.4 Å². The second-order valence-corrected chi connectivity index (χ2v) is 8.54. The number of nitrogens with zero attached hydrogens (tertiary/aromatic N) is 1. The van der Waals surface area contributed by atoms with Crippen molar-refractivity contribution in [3.05, 3.63) is 59.2 Å². The summed E-state index contributed by atoms with van der Waals surface area (Å²) in [6.45, 7) is 9.95. The van der Waals surface area contributed by atoms with Crippen molar-refractivity contribution >= 4 is 17.3 Å². The SMILES string of the molecule is CC(C)c1cccc(C(C)C)c1NC(=O)C[NH+](C)Cc1ccc(N(C)C)cc1. The molecule has 2 rings (SSSR count). The van der Waals surface area contributed by atoms with Crippen molar-refractivity contribution in [3.63, 3.8) is 0 Å². The zero-order chi connectivity index (χ0) is 20.8. The highest BCUT2D eigenvalue weighted by Gasteiger charge is 2.18. The van der Waals surface area contributed by atoms with E-state index in [1.165, 1.54) is 27.3 Å². The molecule has 0 aliphatic carbocycles. The van der Waals surface area contributed by atoms with E-state index in [1.54, 1.807) is 0 Å². The fourth-order valence-electron chi connectivity index (χ4n) is 3.48. The van der Waals surface area contributed by atoms with Gasteiger partial charge in [0.05, 0.1) is 7.05 Å². The highest BCUT2D eigenvalue weighted by molar-refractivity contribution is 5.93. The number of quaternary nitrogens is 1. The Morgan fingerprint density at radius 1 is 0.964 bits per heavy atom.